The molecular formula is C25H26N2O4S. The maximum Gasteiger partial charge on any atom is 0.276 e. The second-order valence-electron chi connectivity index (χ2n) is 8.74. The zero-order valence-corrected chi connectivity index (χ0v) is 18.7. The summed E-state index contributed by atoms with van der Waals surface area (Å²) in [6.07, 6.45) is 5.02. The largest absolute Gasteiger partial charge is 0.355 e. The fourth-order valence-electron chi connectivity index (χ4n) is 4.71. The average Bonchev–Trinajstić information content (AvgIpc) is 3.44. The van der Waals surface area contributed by atoms with Crippen molar-refractivity contribution in [3.63, 3.8) is 0 Å². The molecule has 1 saturated heterocycles. The fourth-order valence-corrected chi connectivity index (χ4v) is 6.44. The number of aryl methyl sites for hydroxylation is 2. The number of sulfone groups is 1. The summed E-state index contributed by atoms with van der Waals surface area (Å²) >= 11 is 0. The van der Waals surface area contributed by atoms with Crippen LogP contribution in [0.4, 0.5) is 0 Å². The Bertz CT molecular complexity index is 1230. The van der Waals surface area contributed by atoms with Crippen LogP contribution in [0.25, 0.3) is 11.3 Å². The number of benzene rings is 2. The molecule has 166 valence electrons. The molecule has 1 amide bonds. The van der Waals surface area contributed by atoms with Crippen LogP contribution >= 0.6 is 0 Å². The monoisotopic (exact) mass is 450 g/mol. The van der Waals surface area contributed by atoms with Crippen LogP contribution in [0.1, 0.15) is 46.4 Å². The molecule has 1 fully saturated rings. The lowest BCUT2D eigenvalue weighted by Gasteiger charge is -2.27. The van der Waals surface area contributed by atoms with Crippen molar-refractivity contribution < 1.29 is 17.7 Å². The fraction of sp³-hybridized carbons (Fsp3) is 0.360. The normalized spacial score (nSPS) is 19.4. The molecule has 2 aliphatic rings. The van der Waals surface area contributed by atoms with Gasteiger partial charge in [-0.25, -0.2) is 8.42 Å². The van der Waals surface area contributed by atoms with E-state index >= 15 is 0 Å². The van der Waals surface area contributed by atoms with E-state index in [1.165, 1.54) is 24.0 Å². The van der Waals surface area contributed by atoms with E-state index in [-0.39, 0.29) is 29.1 Å². The number of hydrogen-bond acceptors (Lipinski definition) is 5. The third-order valence-corrected chi connectivity index (χ3v) is 8.22. The van der Waals surface area contributed by atoms with Crippen molar-refractivity contribution in [1.82, 2.24) is 10.1 Å². The smallest absolute Gasteiger partial charge is 0.276 e. The molecule has 2 heterocycles. The Morgan fingerprint density at radius 3 is 2.56 bits per heavy atom. The Morgan fingerprint density at radius 1 is 1.03 bits per heavy atom. The van der Waals surface area contributed by atoms with Crippen molar-refractivity contribution in [1.29, 1.82) is 0 Å². The van der Waals surface area contributed by atoms with Gasteiger partial charge in [-0.05, 0) is 54.9 Å². The van der Waals surface area contributed by atoms with Gasteiger partial charge in [-0.1, -0.05) is 47.6 Å². The maximum atomic E-state index is 13.4. The van der Waals surface area contributed by atoms with Gasteiger partial charge in [-0.2, -0.15) is 0 Å². The highest BCUT2D eigenvalue weighted by atomic mass is 32.2. The second kappa shape index (κ2) is 8.54. The molecule has 7 heteroatoms. The summed E-state index contributed by atoms with van der Waals surface area (Å²) in [6, 6.07) is 17.2. The first kappa shape index (κ1) is 20.9. The van der Waals surface area contributed by atoms with Gasteiger partial charge in [0, 0.05) is 24.2 Å². The van der Waals surface area contributed by atoms with E-state index in [2.05, 4.69) is 17.3 Å². The van der Waals surface area contributed by atoms with Crippen LogP contribution in [0.2, 0.25) is 0 Å². The van der Waals surface area contributed by atoms with Crippen molar-refractivity contribution in [2.24, 2.45) is 0 Å². The first-order valence-electron chi connectivity index (χ1n) is 11.1. The topological polar surface area (TPSA) is 80.5 Å². The van der Waals surface area contributed by atoms with Gasteiger partial charge in [-0.3, -0.25) is 4.79 Å². The van der Waals surface area contributed by atoms with Crippen molar-refractivity contribution in [3.05, 3.63) is 77.0 Å². The number of aromatic nitrogens is 1. The molecule has 2 aromatic carbocycles. The summed E-state index contributed by atoms with van der Waals surface area (Å²) in [4.78, 5) is 15.1. The highest BCUT2D eigenvalue weighted by molar-refractivity contribution is 7.91. The molecule has 0 radical (unpaired) electrons. The third-order valence-electron chi connectivity index (χ3n) is 6.47. The van der Waals surface area contributed by atoms with Crippen LogP contribution in [-0.2, 0) is 29.2 Å². The predicted molar refractivity (Wildman–Crippen MR) is 122 cm³/mol. The van der Waals surface area contributed by atoms with Crippen LogP contribution in [0, 0.1) is 0 Å². The summed E-state index contributed by atoms with van der Waals surface area (Å²) in [6.45, 7) is 0.334. The average molecular weight is 451 g/mol. The van der Waals surface area contributed by atoms with E-state index in [0.717, 1.165) is 24.0 Å². The van der Waals surface area contributed by atoms with Crippen LogP contribution < -0.4 is 0 Å². The first-order chi connectivity index (χ1) is 15.5. The summed E-state index contributed by atoms with van der Waals surface area (Å²) in [5.41, 5.74) is 4.78. The zero-order chi connectivity index (χ0) is 22.1. The molecule has 0 saturated carbocycles. The van der Waals surface area contributed by atoms with E-state index in [9.17, 15) is 13.2 Å². The van der Waals surface area contributed by atoms with E-state index in [0.29, 0.717) is 18.7 Å². The second-order valence-corrected chi connectivity index (χ2v) is 11.0. The molecule has 32 heavy (non-hydrogen) atoms. The predicted octanol–water partition coefficient (Wildman–Crippen LogP) is 4.05. The molecule has 1 atom stereocenters. The molecule has 0 N–H and O–H groups in total. The maximum absolute atomic E-state index is 13.4. The lowest BCUT2D eigenvalue weighted by atomic mass is 9.90. The van der Waals surface area contributed by atoms with Crippen molar-refractivity contribution in [3.8, 4) is 11.3 Å². The van der Waals surface area contributed by atoms with Crippen molar-refractivity contribution in [2.45, 2.75) is 44.7 Å². The van der Waals surface area contributed by atoms with E-state index in [4.69, 9.17) is 4.52 Å². The quantitative estimate of drug-likeness (QED) is 0.586. The van der Waals surface area contributed by atoms with Crippen molar-refractivity contribution >= 4 is 15.7 Å². The molecule has 5 rings (SSSR count). The van der Waals surface area contributed by atoms with E-state index in [1.807, 2.05) is 36.4 Å². The van der Waals surface area contributed by atoms with Crippen LogP contribution in [0.5, 0.6) is 0 Å². The van der Waals surface area contributed by atoms with Crippen LogP contribution in [0.3, 0.4) is 0 Å². The molecule has 1 aliphatic heterocycles. The Balaban J connectivity index is 1.42. The highest BCUT2D eigenvalue weighted by Gasteiger charge is 2.36. The lowest BCUT2D eigenvalue weighted by Crippen LogP contribution is -2.40. The summed E-state index contributed by atoms with van der Waals surface area (Å²) in [5, 5.41) is 4.06. The van der Waals surface area contributed by atoms with Gasteiger partial charge in [0.15, 0.2) is 21.3 Å². The molecule has 0 unspecified atom stereocenters. The van der Waals surface area contributed by atoms with Gasteiger partial charge < -0.3 is 9.42 Å². The highest BCUT2D eigenvalue weighted by Crippen LogP contribution is 2.29. The number of fused-ring (bicyclic) bond motifs is 1. The minimum Gasteiger partial charge on any atom is -0.355 e. The number of amides is 1. The molecule has 3 aromatic rings. The number of rotatable bonds is 5. The summed E-state index contributed by atoms with van der Waals surface area (Å²) in [7, 11) is -3.13. The van der Waals surface area contributed by atoms with Gasteiger partial charge in [0.25, 0.3) is 5.91 Å². The number of nitrogens with zero attached hydrogens (tertiary/aromatic N) is 2. The number of hydrogen-bond donors (Lipinski definition) is 0. The Hall–Kier alpha value is -2.93. The minimum absolute atomic E-state index is 0.0128. The minimum atomic E-state index is -3.13. The molecule has 6 nitrogen and oxygen atoms in total. The van der Waals surface area contributed by atoms with Crippen LogP contribution in [-0.4, -0.2) is 41.9 Å². The Morgan fingerprint density at radius 2 is 1.81 bits per heavy atom. The SMILES string of the molecule is O=C(c1cc(-c2ccc3c(c2)CCCC3)on1)N(Cc1ccccc1)[C@@H]1CCS(=O)(=O)C1. The van der Waals surface area contributed by atoms with Gasteiger partial charge in [-0.15, -0.1) is 0 Å². The number of carbonyl (C=O) groups excluding carboxylic acids is 1. The Kier molecular flexibility index (Phi) is 5.59. The van der Waals surface area contributed by atoms with E-state index in [1.54, 1.807) is 11.0 Å². The van der Waals surface area contributed by atoms with Gasteiger partial charge in [0.05, 0.1) is 11.5 Å². The molecule has 0 bridgehead atoms. The molecule has 1 aliphatic carbocycles. The zero-order valence-electron chi connectivity index (χ0n) is 17.9. The van der Waals surface area contributed by atoms with E-state index < -0.39 is 9.84 Å². The molecule has 0 spiro atoms. The molecular weight excluding hydrogens is 424 g/mol. The summed E-state index contributed by atoms with van der Waals surface area (Å²) in [5.74, 6) is 0.348. The van der Waals surface area contributed by atoms with Gasteiger partial charge >= 0.3 is 0 Å². The first-order valence-corrected chi connectivity index (χ1v) is 12.9. The standard InChI is InChI=1S/C25H26N2O4S/c28-25(27(16-18-6-2-1-3-7-18)22-12-13-32(29,30)17-22)23-15-24(31-26-23)21-11-10-19-8-4-5-9-20(19)14-21/h1-3,6-7,10-11,14-15,22H,4-5,8-9,12-13,16-17H2/t22-/m1/s1. The van der Waals surface area contributed by atoms with Crippen molar-refractivity contribution in [2.75, 3.05) is 11.5 Å². The van der Waals surface area contributed by atoms with Crippen LogP contribution in [0.15, 0.2) is 59.1 Å². The third kappa shape index (κ3) is 4.35. The van der Waals surface area contributed by atoms with Gasteiger partial charge in [0.1, 0.15) is 0 Å². The number of carbonyl (C=O) groups is 1. The summed E-state index contributed by atoms with van der Waals surface area (Å²) < 4.78 is 29.7. The molecule has 1 aromatic heterocycles. The lowest BCUT2D eigenvalue weighted by molar-refractivity contribution is 0.0670. The Labute approximate surface area is 188 Å². The van der Waals surface area contributed by atoms with Gasteiger partial charge in [0.2, 0.25) is 0 Å².